The maximum Gasteiger partial charge on any atom is 0.330 e. The quantitative estimate of drug-likeness (QED) is 0.0573. The van der Waals surface area contributed by atoms with Crippen molar-refractivity contribution < 1.29 is 66.4 Å². The average Bonchev–Trinajstić information content (AvgIpc) is 3.10. The highest BCUT2D eigenvalue weighted by molar-refractivity contribution is 5.81. The molecule has 272 valence electrons. The number of ether oxygens (including phenoxy) is 13. The summed E-state index contributed by atoms with van der Waals surface area (Å²) in [6.45, 7) is 14.7. The van der Waals surface area contributed by atoms with Gasteiger partial charge in [0.05, 0.1) is 145 Å². The van der Waals surface area contributed by atoms with Crippen molar-refractivity contribution in [2.45, 2.75) is 0 Å². The number of rotatable bonds is 38. The topological polar surface area (TPSA) is 137 Å². The van der Waals surface area contributed by atoms with Crippen LogP contribution in [0.5, 0.6) is 5.75 Å². The summed E-state index contributed by atoms with van der Waals surface area (Å²) in [5.41, 5.74) is 0. The van der Waals surface area contributed by atoms with Crippen LogP contribution in [0.2, 0.25) is 0 Å². The van der Waals surface area contributed by atoms with E-state index in [0.29, 0.717) is 152 Å². The van der Waals surface area contributed by atoms with E-state index in [0.717, 1.165) is 11.8 Å². The van der Waals surface area contributed by atoms with Gasteiger partial charge < -0.3 is 61.6 Å². The van der Waals surface area contributed by atoms with Gasteiger partial charge in [-0.1, -0.05) is 24.8 Å². The van der Waals surface area contributed by atoms with E-state index in [9.17, 15) is 4.79 Å². The van der Waals surface area contributed by atoms with Crippen LogP contribution in [0, 0.1) is 0 Å². The summed E-state index contributed by atoms with van der Waals surface area (Å²) >= 11 is 0. The minimum Gasteiger partial charge on any atom is -0.491 e. The maximum atomic E-state index is 10.8. The Labute approximate surface area is 279 Å². The van der Waals surface area contributed by atoms with Crippen molar-refractivity contribution in [3.63, 3.8) is 0 Å². The van der Waals surface area contributed by atoms with Crippen LogP contribution in [0.15, 0.2) is 43.0 Å². The molecule has 0 aliphatic carbocycles. The normalized spacial score (nSPS) is 11.1. The number of hydrogen-bond acceptors (Lipinski definition) is 14. The molecule has 0 N–H and O–H groups in total. The third-order valence-corrected chi connectivity index (χ3v) is 5.60. The molecule has 0 heterocycles. The summed E-state index contributed by atoms with van der Waals surface area (Å²) < 4.78 is 70.2. The lowest BCUT2D eigenvalue weighted by Crippen LogP contribution is -2.15. The smallest absolute Gasteiger partial charge is 0.330 e. The molecule has 0 fully saturated rings. The zero-order valence-corrected chi connectivity index (χ0v) is 27.9. The Kier molecular flexibility index (Phi) is 33.4. The number of carbonyl (C=O) groups excluding carboxylic acids is 1. The third-order valence-electron chi connectivity index (χ3n) is 5.60. The molecule has 0 spiro atoms. The molecular weight excluding hydrogens is 620 g/mol. The van der Waals surface area contributed by atoms with E-state index in [4.69, 9.17) is 61.6 Å². The summed E-state index contributed by atoms with van der Waals surface area (Å²) in [7, 11) is 0. The molecule has 0 saturated heterocycles. The van der Waals surface area contributed by atoms with Gasteiger partial charge in [0, 0.05) is 6.08 Å². The van der Waals surface area contributed by atoms with Gasteiger partial charge in [-0.05, 0) is 12.1 Å². The zero-order valence-electron chi connectivity index (χ0n) is 27.9. The highest BCUT2D eigenvalue weighted by Crippen LogP contribution is 2.07. The highest BCUT2D eigenvalue weighted by atomic mass is 16.6. The molecule has 0 aliphatic rings. The summed E-state index contributed by atoms with van der Waals surface area (Å²) in [4.78, 5) is 10.8. The van der Waals surface area contributed by atoms with Gasteiger partial charge in [-0.3, -0.25) is 0 Å². The van der Waals surface area contributed by atoms with Crippen LogP contribution in [-0.4, -0.2) is 165 Å². The first kappa shape index (κ1) is 42.8. The minimum atomic E-state index is -0.460. The lowest BCUT2D eigenvalue weighted by molar-refractivity contribution is -0.139. The van der Waals surface area contributed by atoms with E-state index in [1.165, 1.54) is 0 Å². The second kappa shape index (κ2) is 36.6. The van der Waals surface area contributed by atoms with Crippen molar-refractivity contribution in [2.24, 2.45) is 0 Å². The van der Waals surface area contributed by atoms with Crippen LogP contribution in [0.1, 0.15) is 0 Å². The monoisotopic (exact) mass is 676 g/mol. The van der Waals surface area contributed by atoms with Crippen LogP contribution >= 0.6 is 0 Å². The summed E-state index contributed by atoms with van der Waals surface area (Å²) in [5, 5.41) is 0. The maximum absolute atomic E-state index is 10.8. The van der Waals surface area contributed by atoms with Crippen molar-refractivity contribution in [3.8, 4) is 5.75 Å². The molecule has 0 saturated carbocycles. The van der Waals surface area contributed by atoms with Crippen molar-refractivity contribution in [1.82, 2.24) is 0 Å². The minimum absolute atomic E-state index is 0.197. The molecule has 0 aromatic heterocycles. The molecule has 1 aromatic carbocycles. The largest absolute Gasteiger partial charge is 0.491 e. The lowest BCUT2D eigenvalue weighted by Gasteiger charge is -2.09. The van der Waals surface area contributed by atoms with Gasteiger partial charge in [0.25, 0.3) is 0 Å². The number of para-hydroxylation sites is 1. The van der Waals surface area contributed by atoms with Crippen molar-refractivity contribution >= 4 is 5.97 Å². The predicted octanol–water partition coefficient (Wildman–Crippen LogP) is 1.98. The molecule has 0 radical (unpaired) electrons. The fourth-order valence-electron chi connectivity index (χ4n) is 3.30. The van der Waals surface area contributed by atoms with Crippen LogP contribution in [0.3, 0.4) is 0 Å². The van der Waals surface area contributed by atoms with E-state index in [-0.39, 0.29) is 6.61 Å². The number of benzene rings is 1. The van der Waals surface area contributed by atoms with E-state index < -0.39 is 5.97 Å². The molecule has 14 heteroatoms. The molecule has 14 nitrogen and oxygen atoms in total. The Morgan fingerprint density at radius 3 is 0.936 bits per heavy atom. The van der Waals surface area contributed by atoms with Gasteiger partial charge in [0.1, 0.15) is 19.0 Å². The second-order valence-electron chi connectivity index (χ2n) is 9.27. The Morgan fingerprint density at radius 2 is 0.660 bits per heavy atom. The molecule has 0 aliphatic heterocycles. The standard InChI is InChI=1S/C33H56O14/c1-2-33(34)47-31-29-45-27-25-43-23-21-41-19-17-39-15-13-37-11-9-35-8-10-36-12-14-38-16-18-40-20-22-42-24-26-44-28-30-46-32-6-4-3-5-7-32/h2-7H,1,8-31H2. The molecule has 47 heavy (non-hydrogen) atoms. The van der Waals surface area contributed by atoms with Gasteiger partial charge >= 0.3 is 5.97 Å². The fraction of sp³-hybridized carbons (Fsp3) is 0.727. The Balaban J connectivity index is 1.61. The molecule has 0 bridgehead atoms. The average molecular weight is 677 g/mol. The van der Waals surface area contributed by atoms with Crippen LogP contribution in [0.25, 0.3) is 0 Å². The van der Waals surface area contributed by atoms with Crippen LogP contribution in [0.4, 0.5) is 0 Å². The van der Waals surface area contributed by atoms with E-state index >= 15 is 0 Å². The first-order valence-electron chi connectivity index (χ1n) is 16.1. The van der Waals surface area contributed by atoms with Crippen LogP contribution < -0.4 is 4.74 Å². The fourth-order valence-corrected chi connectivity index (χ4v) is 3.30. The lowest BCUT2D eigenvalue weighted by atomic mass is 10.3. The van der Waals surface area contributed by atoms with Gasteiger partial charge in [-0.25, -0.2) is 4.79 Å². The summed E-state index contributed by atoms with van der Waals surface area (Å²) in [6.07, 6.45) is 1.11. The predicted molar refractivity (Wildman–Crippen MR) is 172 cm³/mol. The Hall–Kier alpha value is -2.21. The SMILES string of the molecule is C=CC(=O)OCCOCCOCCOCCOCCOCCOCCOCCOCCOCCOCCOCCOc1ccccc1. The molecule has 0 atom stereocenters. The zero-order chi connectivity index (χ0) is 33.6. The van der Waals surface area contributed by atoms with Gasteiger partial charge in [-0.2, -0.15) is 0 Å². The first-order chi connectivity index (χ1) is 23.3. The molecular formula is C33H56O14. The van der Waals surface area contributed by atoms with E-state index in [2.05, 4.69) is 6.58 Å². The van der Waals surface area contributed by atoms with Crippen molar-refractivity contribution in [3.05, 3.63) is 43.0 Å². The van der Waals surface area contributed by atoms with E-state index in [1.807, 2.05) is 30.3 Å². The van der Waals surface area contributed by atoms with Crippen molar-refractivity contribution in [2.75, 3.05) is 159 Å². The Morgan fingerprint density at radius 1 is 0.404 bits per heavy atom. The molecule has 1 aromatic rings. The summed E-state index contributed by atoms with van der Waals surface area (Å²) in [6, 6.07) is 9.65. The van der Waals surface area contributed by atoms with E-state index in [1.54, 1.807) is 0 Å². The second-order valence-corrected chi connectivity index (χ2v) is 9.27. The molecule has 0 amide bonds. The highest BCUT2D eigenvalue weighted by Gasteiger charge is 1.98. The number of hydrogen-bond donors (Lipinski definition) is 0. The Bertz CT molecular complexity index is 786. The third kappa shape index (κ3) is 33.5. The van der Waals surface area contributed by atoms with Gasteiger partial charge in [0.15, 0.2) is 0 Å². The summed E-state index contributed by atoms with van der Waals surface area (Å²) in [5.74, 6) is 0.380. The first-order valence-corrected chi connectivity index (χ1v) is 16.1. The molecule has 1 rings (SSSR count). The number of esters is 1. The van der Waals surface area contributed by atoms with Gasteiger partial charge in [0.2, 0.25) is 0 Å². The van der Waals surface area contributed by atoms with Crippen LogP contribution in [-0.2, 0) is 61.6 Å². The van der Waals surface area contributed by atoms with Gasteiger partial charge in [-0.15, -0.1) is 0 Å². The van der Waals surface area contributed by atoms with Crippen molar-refractivity contribution in [1.29, 1.82) is 0 Å². The molecule has 0 unspecified atom stereocenters. The number of carbonyl (C=O) groups is 1.